The van der Waals surface area contributed by atoms with Gasteiger partial charge in [-0.2, -0.15) is 0 Å². The molecule has 15 heteroatoms. The summed E-state index contributed by atoms with van der Waals surface area (Å²) in [6.07, 6.45) is 0.481. The number of rotatable bonds is 6. The standard InChI is InChI=1S/C42H63N5O10/c1-12-24(5)34-38(51)45-29(10)42(55)57-36(25(6)13-2)27(8)32(48)20-19-26(7)41(54)56-35(23(3)4)39(52)44-28(9)40(53)47(11)31(21-30-17-15-14-16-18-30)37(50)43-22-33(49)46-34/h13-19,23-24,27-29,31-32,34-36,48H,12,20-22H2,1-11H3,(H,43,50)(H,44,52)(H,45,51)(H,46,49)/b25-13+,26-19+/t24-,27-,28+,29-,31?,32-,34-,35?,36+/m0/s1. The van der Waals surface area contributed by atoms with Crippen LogP contribution in [0.1, 0.15) is 87.6 Å². The summed E-state index contributed by atoms with van der Waals surface area (Å²) in [7, 11) is 1.41. The largest absolute Gasteiger partial charge is 0.456 e. The zero-order chi connectivity index (χ0) is 43.1. The molecule has 316 valence electrons. The molecule has 1 heterocycles. The summed E-state index contributed by atoms with van der Waals surface area (Å²) in [5, 5.41) is 21.7. The number of aliphatic hydroxyl groups excluding tert-OH is 1. The van der Waals surface area contributed by atoms with Gasteiger partial charge in [0.05, 0.1) is 12.6 Å². The van der Waals surface area contributed by atoms with Gasteiger partial charge in [0.1, 0.15) is 30.3 Å². The highest BCUT2D eigenvalue weighted by Crippen LogP contribution is 2.24. The smallest absolute Gasteiger partial charge is 0.334 e. The molecule has 1 aromatic carbocycles. The molecule has 0 bridgehead atoms. The maximum Gasteiger partial charge on any atom is 0.334 e. The number of aliphatic hydroxyl groups is 1. The van der Waals surface area contributed by atoms with Crippen molar-refractivity contribution in [2.24, 2.45) is 17.8 Å². The summed E-state index contributed by atoms with van der Waals surface area (Å²) in [6, 6.07) is 4.44. The van der Waals surface area contributed by atoms with Crippen LogP contribution < -0.4 is 21.3 Å². The molecule has 1 aliphatic heterocycles. The second-order valence-electron chi connectivity index (χ2n) is 15.3. The van der Waals surface area contributed by atoms with Crippen molar-refractivity contribution in [2.45, 2.75) is 131 Å². The first-order valence-corrected chi connectivity index (χ1v) is 19.6. The van der Waals surface area contributed by atoms with Gasteiger partial charge in [-0.1, -0.05) is 83.5 Å². The van der Waals surface area contributed by atoms with Gasteiger partial charge >= 0.3 is 11.9 Å². The SMILES string of the molecule is C/C=C(\C)[C@H]1OC(=O)[C@H](C)NC(=O)[C@H]([C@@H](C)CC)NC(=O)CNC(=O)C(Cc2ccccc2)N(C)C(=O)[C@@H](C)NC(=O)C(C(C)C)OC(=O)/C(C)=C/C[C@H](O)[C@@H]1C. The Bertz CT molecular complexity index is 1640. The number of allylic oxidation sites excluding steroid dienone is 1. The van der Waals surface area contributed by atoms with Crippen LogP contribution in [0.4, 0.5) is 0 Å². The number of carbonyl (C=O) groups excluding carboxylic acids is 7. The van der Waals surface area contributed by atoms with Crippen LogP contribution >= 0.6 is 0 Å². The first-order valence-electron chi connectivity index (χ1n) is 19.6. The average Bonchev–Trinajstić information content (AvgIpc) is 3.18. The number of hydrogen-bond acceptors (Lipinski definition) is 10. The van der Waals surface area contributed by atoms with Gasteiger partial charge in [0, 0.05) is 25.0 Å². The van der Waals surface area contributed by atoms with E-state index in [2.05, 4.69) is 21.3 Å². The predicted molar refractivity (Wildman–Crippen MR) is 214 cm³/mol. The number of amides is 5. The van der Waals surface area contributed by atoms with Gasteiger partial charge in [-0.15, -0.1) is 0 Å². The number of cyclic esters (lactones) is 2. The Labute approximate surface area is 336 Å². The van der Waals surface area contributed by atoms with E-state index in [0.29, 0.717) is 12.0 Å². The molecule has 0 spiro atoms. The quantitative estimate of drug-likeness (QED) is 0.210. The van der Waals surface area contributed by atoms with E-state index in [1.807, 2.05) is 6.92 Å². The summed E-state index contributed by atoms with van der Waals surface area (Å²) in [5.41, 5.74) is 1.49. The lowest BCUT2D eigenvalue weighted by atomic mass is 9.90. The summed E-state index contributed by atoms with van der Waals surface area (Å²) < 4.78 is 11.4. The van der Waals surface area contributed by atoms with Crippen molar-refractivity contribution < 1.29 is 48.1 Å². The molecular weight excluding hydrogens is 734 g/mol. The molecule has 0 saturated carbocycles. The normalized spacial score (nSPS) is 29.2. The molecule has 0 aliphatic carbocycles. The van der Waals surface area contributed by atoms with Gasteiger partial charge in [0.25, 0.3) is 5.91 Å². The highest BCUT2D eigenvalue weighted by Gasteiger charge is 2.36. The van der Waals surface area contributed by atoms with Crippen LogP contribution in [0.25, 0.3) is 0 Å². The van der Waals surface area contributed by atoms with E-state index in [1.165, 1.54) is 38.8 Å². The van der Waals surface area contributed by atoms with Crippen LogP contribution in [0.2, 0.25) is 0 Å². The second kappa shape index (κ2) is 22.6. The number of ether oxygens (including phenoxy) is 2. The topological polar surface area (TPSA) is 210 Å². The van der Waals surface area contributed by atoms with E-state index < -0.39 is 102 Å². The van der Waals surface area contributed by atoms with E-state index in [4.69, 9.17) is 9.47 Å². The van der Waals surface area contributed by atoms with Crippen LogP contribution in [0.3, 0.4) is 0 Å². The number of esters is 2. The summed E-state index contributed by atoms with van der Waals surface area (Å²) in [5.74, 6) is -6.43. The number of hydrogen-bond donors (Lipinski definition) is 5. The molecule has 15 nitrogen and oxygen atoms in total. The third-order valence-electron chi connectivity index (χ3n) is 10.4. The Balaban J connectivity index is 2.56. The van der Waals surface area contributed by atoms with Crippen LogP contribution in [0.15, 0.2) is 53.6 Å². The van der Waals surface area contributed by atoms with E-state index >= 15 is 0 Å². The molecule has 1 aromatic rings. The molecule has 0 aromatic heterocycles. The lowest BCUT2D eigenvalue weighted by Crippen LogP contribution is -2.57. The first kappa shape index (κ1) is 48.1. The maximum atomic E-state index is 13.8. The van der Waals surface area contributed by atoms with Gasteiger partial charge in [0.15, 0.2) is 6.10 Å². The van der Waals surface area contributed by atoms with Crippen molar-refractivity contribution in [2.75, 3.05) is 13.6 Å². The molecule has 1 aliphatic rings. The van der Waals surface area contributed by atoms with Crippen molar-refractivity contribution >= 4 is 41.5 Å². The number of carbonyl (C=O) groups is 7. The fourth-order valence-corrected chi connectivity index (χ4v) is 6.14. The van der Waals surface area contributed by atoms with Gasteiger partial charge in [0.2, 0.25) is 23.6 Å². The summed E-state index contributed by atoms with van der Waals surface area (Å²) >= 11 is 0. The third-order valence-corrected chi connectivity index (χ3v) is 10.4. The van der Waals surface area contributed by atoms with E-state index in [0.717, 1.165) is 5.56 Å². The maximum absolute atomic E-state index is 13.8. The molecule has 5 N–H and O–H groups in total. The third kappa shape index (κ3) is 14.1. The minimum absolute atomic E-state index is 0.0240. The molecule has 5 amide bonds. The van der Waals surface area contributed by atoms with Crippen LogP contribution in [-0.2, 0) is 49.5 Å². The summed E-state index contributed by atoms with van der Waals surface area (Å²) in [6.45, 7) is 16.0. The minimum atomic E-state index is -1.28. The highest BCUT2D eigenvalue weighted by atomic mass is 16.6. The molecule has 57 heavy (non-hydrogen) atoms. The number of nitrogens with one attached hydrogen (secondary N) is 4. The van der Waals surface area contributed by atoms with Gasteiger partial charge in [-0.3, -0.25) is 24.0 Å². The first-order chi connectivity index (χ1) is 26.7. The van der Waals surface area contributed by atoms with E-state index in [1.54, 1.807) is 78.0 Å². The molecule has 0 saturated heterocycles. The Morgan fingerprint density at radius 3 is 2.11 bits per heavy atom. The molecule has 2 unspecified atom stereocenters. The van der Waals surface area contributed by atoms with Gasteiger partial charge in [-0.25, -0.2) is 9.59 Å². The van der Waals surface area contributed by atoms with E-state index in [-0.39, 0.29) is 24.3 Å². The number of likely N-dealkylation sites (N-methyl/N-ethyl adjacent to an activating group) is 1. The fourth-order valence-electron chi connectivity index (χ4n) is 6.14. The van der Waals surface area contributed by atoms with Crippen molar-refractivity contribution in [3.8, 4) is 0 Å². The van der Waals surface area contributed by atoms with Gasteiger partial charge in [-0.05, 0) is 64.0 Å². The fraction of sp³-hybridized carbons (Fsp3) is 0.595. The highest BCUT2D eigenvalue weighted by molar-refractivity contribution is 5.96. The van der Waals surface area contributed by atoms with Crippen LogP contribution in [-0.4, -0.2) is 108 Å². The van der Waals surface area contributed by atoms with Gasteiger partial charge < -0.3 is 40.7 Å². The molecule has 0 fully saturated rings. The summed E-state index contributed by atoms with van der Waals surface area (Å²) in [4.78, 5) is 95.5. The number of nitrogens with zero attached hydrogens (tertiary/aromatic N) is 1. The Kier molecular flexibility index (Phi) is 19.1. The Morgan fingerprint density at radius 1 is 0.912 bits per heavy atom. The lowest BCUT2D eigenvalue weighted by molar-refractivity contribution is -0.156. The number of benzene rings is 1. The molecular formula is C42H63N5O10. The minimum Gasteiger partial charge on any atom is -0.456 e. The zero-order valence-corrected chi connectivity index (χ0v) is 35.2. The van der Waals surface area contributed by atoms with Crippen molar-refractivity contribution in [1.29, 1.82) is 0 Å². The van der Waals surface area contributed by atoms with E-state index in [9.17, 15) is 38.7 Å². The Morgan fingerprint density at radius 2 is 1.53 bits per heavy atom. The second-order valence-corrected chi connectivity index (χ2v) is 15.3. The van der Waals surface area contributed by atoms with Crippen molar-refractivity contribution in [1.82, 2.24) is 26.2 Å². The Hall–Kier alpha value is -5.05. The molecule has 0 radical (unpaired) electrons. The average molecular weight is 798 g/mol. The molecule has 2 rings (SSSR count). The zero-order valence-electron chi connectivity index (χ0n) is 35.2. The van der Waals surface area contributed by atoms with Crippen molar-refractivity contribution in [3.63, 3.8) is 0 Å². The van der Waals surface area contributed by atoms with Crippen LogP contribution in [0.5, 0.6) is 0 Å². The monoisotopic (exact) mass is 797 g/mol. The van der Waals surface area contributed by atoms with Crippen LogP contribution in [0, 0.1) is 17.8 Å². The predicted octanol–water partition coefficient (Wildman–Crippen LogP) is 2.51. The lowest BCUT2D eigenvalue weighted by Gasteiger charge is -2.31. The molecule has 9 atom stereocenters. The van der Waals surface area contributed by atoms with Crippen molar-refractivity contribution in [3.05, 3.63) is 59.2 Å².